The number of thioether (sulfide) groups is 1. The van der Waals surface area contributed by atoms with Crippen LogP contribution in [0.15, 0.2) is 72.8 Å². The third-order valence-corrected chi connectivity index (χ3v) is 13.1. The summed E-state index contributed by atoms with van der Waals surface area (Å²) in [6.07, 6.45) is 0. The highest BCUT2D eigenvalue weighted by Crippen LogP contribution is 2.44. The Bertz CT molecular complexity index is 2380. The number of aromatic nitrogens is 5. The Morgan fingerprint density at radius 3 is 1.55 bits per heavy atom. The number of rotatable bonds is 19. The van der Waals surface area contributed by atoms with Crippen LogP contribution < -0.4 is 29.9 Å². The molecular formula is C37H41N13O3S5. The summed E-state index contributed by atoms with van der Waals surface area (Å²) in [6.45, 7) is 11.3. The van der Waals surface area contributed by atoms with E-state index >= 15 is 0 Å². The number of benzene rings is 2. The Balaban J connectivity index is 1.31. The van der Waals surface area contributed by atoms with Crippen molar-refractivity contribution in [3.8, 4) is 11.5 Å². The number of thiophene rings is 2. The quantitative estimate of drug-likeness (QED) is 0.0516. The third kappa shape index (κ3) is 8.98. The molecule has 7 rings (SSSR count). The van der Waals surface area contributed by atoms with Gasteiger partial charge in [0, 0.05) is 44.1 Å². The van der Waals surface area contributed by atoms with Crippen LogP contribution in [-0.4, -0.2) is 81.6 Å². The Morgan fingerprint density at radius 2 is 1.14 bits per heavy atom. The normalized spacial score (nSPS) is 11.7. The molecule has 5 aromatic heterocycles. The van der Waals surface area contributed by atoms with Crippen molar-refractivity contribution in [3.05, 3.63) is 47.2 Å². The summed E-state index contributed by atoms with van der Waals surface area (Å²) in [5.41, 5.74) is 3.95. The number of nitrogens with one attached hydrogen (secondary N) is 2. The largest absolute Gasteiger partial charge is 0.494 e. The first-order valence-electron chi connectivity index (χ1n) is 18.4. The summed E-state index contributed by atoms with van der Waals surface area (Å²) in [7, 11) is 3.28. The van der Waals surface area contributed by atoms with Crippen molar-refractivity contribution in [2.75, 3.05) is 73.2 Å². The first kappa shape index (κ1) is 41.1. The van der Waals surface area contributed by atoms with Crippen LogP contribution in [0.5, 0.6) is 11.5 Å². The molecule has 0 aliphatic heterocycles. The van der Waals surface area contributed by atoms with Gasteiger partial charge in [0.1, 0.15) is 32.5 Å². The van der Waals surface area contributed by atoms with Crippen LogP contribution in [0.25, 0.3) is 20.4 Å². The van der Waals surface area contributed by atoms with E-state index in [0.717, 1.165) is 58.0 Å². The van der Waals surface area contributed by atoms with Crippen molar-refractivity contribution < 1.29 is 14.6 Å². The lowest BCUT2D eigenvalue weighted by molar-refractivity contribution is 0.322. The third-order valence-electron chi connectivity index (χ3n) is 8.91. The SMILES string of the molecule is CCN(CC)c1cc(Nc2nc(Nc3cc(N(CC)CC)c(OC)cc3N=Nc3snc4sccc34)nc(SCCO)n2)c(N=Nc2snc3sccc23)cc1OC. The minimum absolute atomic E-state index is 0.0572. The number of fused-ring (bicyclic) bond motifs is 2. The van der Waals surface area contributed by atoms with Gasteiger partial charge in [-0.3, -0.25) is 0 Å². The lowest BCUT2D eigenvalue weighted by Crippen LogP contribution is -2.22. The van der Waals surface area contributed by atoms with Gasteiger partial charge >= 0.3 is 0 Å². The van der Waals surface area contributed by atoms with Crippen LogP contribution >= 0.6 is 57.5 Å². The molecule has 0 fully saturated rings. The van der Waals surface area contributed by atoms with E-state index in [9.17, 15) is 5.11 Å². The van der Waals surface area contributed by atoms with Gasteiger partial charge in [0.05, 0.1) is 54.3 Å². The van der Waals surface area contributed by atoms with E-state index in [1.807, 2.05) is 47.2 Å². The molecule has 3 N–H and O–H groups in total. The zero-order valence-electron chi connectivity index (χ0n) is 32.6. The smallest absolute Gasteiger partial charge is 0.233 e. The summed E-state index contributed by atoms with van der Waals surface area (Å²) in [4.78, 5) is 20.6. The van der Waals surface area contributed by atoms with Crippen molar-refractivity contribution >= 4 is 134 Å². The van der Waals surface area contributed by atoms with Crippen molar-refractivity contribution in [1.82, 2.24) is 23.7 Å². The van der Waals surface area contributed by atoms with Crippen molar-refractivity contribution in [1.29, 1.82) is 0 Å². The number of anilines is 6. The monoisotopic (exact) mass is 875 g/mol. The topological polar surface area (TPSA) is 183 Å². The summed E-state index contributed by atoms with van der Waals surface area (Å²) in [5, 5.41) is 42.9. The number of ether oxygens (including phenoxy) is 2. The fraction of sp³-hybridized carbons (Fsp3) is 0.324. The van der Waals surface area contributed by atoms with E-state index < -0.39 is 0 Å². The Morgan fingerprint density at radius 1 is 0.672 bits per heavy atom. The second-order valence-electron chi connectivity index (χ2n) is 12.2. The van der Waals surface area contributed by atoms with Crippen LogP contribution in [0.4, 0.5) is 56.0 Å². The molecule has 0 spiro atoms. The molecule has 0 saturated carbocycles. The van der Waals surface area contributed by atoms with E-state index in [2.05, 4.69) is 67.1 Å². The minimum atomic E-state index is -0.0572. The molecule has 0 unspecified atom stereocenters. The molecule has 7 aromatic rings. The molecule has 0 aliphatic carbocycles. The fourth-order valence-corrected chi connectivity index (χ4v) is 9.76. The second kappa shape index (κ2) is 19.1. The van der Waals surface area contributed by atoms with Gasteiger partial charge in [-0.1, -0.05) is 11.8 Å². The highest BCUT2D eigenvalue weighted by molar-refractivity contribution is 7.99. The number of aliphatic hydroxyl groups is 1. The maximum atomic E-state index is 9.74. The number of hydrogen-bond donors (Lipinski definition) is 3. The van der Waals surface area contributed by atoms with Crippen LogP contribution in [0.2, 0.25) is 0 Å². The lowest BCUT2D eigenvalue weighted by atomic mass is 10.2. The number of methoxy groups -OCH3 is 2. The maximum absolute atomic E-state index is 9.74. The predicted molar refractivity (Wildman–Crippen MR) is 241 cm³/mol. The molecule has 0 atom stereocenters. The molecule has 0 saturated heterocycles. The average Bonchev–Trinajstić information content (AvgIpc) is 4.05. The van der Waals surface area contributed by atoms with Gasteiger partial charge < -0.3 is 35.0 Å². The van der Waals surface area contributed by atoms with Crippen molar-refractivity contribution in [2.45, 2.75) is 32.9 Å². The molecule has 0 radical (unpaired) electrons. The van der Waals surface area contributed by atoms with Gasteiger partial charge in [0.15, 0.2) is 15.2 Å². The highest BCUT2D eigenvalue weighted by atomic mass is 32.2. The van der Waals surface area contributed by atoms with Crippen molar-refractivity contribution in [3.63, 3.8) is 0 Å². The molecule has 58 heavy (non-hydrogen) atoms. The van der Waals surface area contributed by atoms with E-state index in [1.54, 1.807) is 36.9 Å². The van der Waals surface area contributed by atoms with Gasteiger partial charge in [-0.15, -0.1) is 43.1 Å². The Labute approximate surface area is 355 Å². The first-order valence-corrected chi connectivity index (χ1v) is 22.7. The lowest BCUT2D eigenvalue weighted by Gasteiger charge is -2.25. The number of azo groups is 2. The van der Waals surface area contributed by atoms with Gasteiger partial charge in [-0.2, -0.15) is 23.7 Å². The maximum Gasteiger partial charge on any atom is 0.233 e. The van der Waals surface area contributed by atoms with Gasteiger partial charge in [-0.25, -0.2) is 0 Å². The zero-order chi connectivity index (χ0) is 40.6. The van der Waals surface area contributed by atoms with Crippen LogP contribution in [-0.2, 0) is 0 Å². The standard InChI is InChI=1S/C37H41N13O3S5/c1-7-49(8-2)27-17-23(25(19-29(27)52-5)43-45-31-21-11-14-54-33(21)47-57-31)38-35-40-36(42-37(41-35)56-16-13-51)39-24-18-28(50(9-3)10-4)30(53-6)20-26(24)44-46-32-22-12-15-55-34(22)48-58-32/h11-12,14-15,17-20,51H,7-10,13,16H2,1-6H3,(H2,38,39,40,41,42). The highest BCUT2D eigenvalue weighted by Gasteiger charge is 2.20. The summed E-state index contributed by atoms with van der Waals surface area (Å²) < 4.78 is 20.7. The van der Waals surface area contributed by atoms with E-state index in [0.29, 0.717) is 55.2 Å². The summed E-state index contributed by atoms with van der Waals surface area (Å²) in [5.74, 6) is 2.16. The van der Waals surface area contributed by atoms with E-state index in [4.69, 9.17) is 34.7 Å². The number of hydrogen-bond acceptors (Lipinski definition) is 21. The molecule has 0 amide bonds. The molecule has 0 aliphatic rings. The molecule has 16 nitrogen and oxygen atoms in total. The van der Waals surface area contributed by atoms with Crippen LogP contribution in [0.3, 0.4) is 0 Å². The van der Waals surface area contributed by atoms with E-state index in [-0.39, 0.29) is 18.5 Å². The predicted octanol–water partition coefficient (Wildman–Crippen LogP) is 11.3. The molecular weight excluding hydrogens is 835 g/mol. The Kier molecular flexibility index (Phi) is 13.6. The zero-order valence-corrected chi connectivity index (χ0v) is 36.7. The molecule has 0 bridgehead atoms. The average molecular weight is 876 g/mol. The van der Waals surface area contributed by atoms with Gasteiger partial charge in [-0.05, 0) is 85.8 Å². The summed E-state index contributed by atoms with van der Waals surface area (Å²) in [6, 6.07) is 11.6. The summed E-state index contributed by atoms with van der Waals surface area (Å²) >= 11 is 7.02. The minimum Gasteiger partial charge on any atom is -0.494 e. The fourth-order valence-electron chi connectivity index (χ4n) is 6.02. The van der Waals surface area contributed by atoms with Gasteiger partial charge in [0.25, 0.3) is 0 Å². The first-order chi connectivity index (χ1) is 28.4. The van der Waals surface area contributed by atoms with E-state index in [1.165, 1.54) is 34.8 Å². The molecule has 5 heterocycles. The Hall–Kier alpha value is -5.06. The van der Waals surface area contributed by atoms with Crippen molar-refractivity contribution in [2.24, 2.45) is 20.5 Å². The van der Waals surface area contributed by atoms with Crippen LogP contribution in [0, 0.1) is 0 Å². The number of nitrogens with zero attached hydrogens (tertiary/aromatic N) is 11. The number of aliphatic hydroxyl groups excluding tert-OH is 1. The molecule has 302 valence electrons. The molecule has 21 heteroatoms. The van der Waals surface area contributed by atoms with Crippen LogP contribution in [0.1, 0.15) is 27.7 Å². The molecule has 2 aromatic carbocycles. The van der Waals surface area contributed by atoms with Gasteiger partial charge in [0.2, 0.25) is 11.9 Å². The second-order valence-corrected chi connectivity index (χ2v) is 16.5.